The molecular formula is C8H17NOS. The highest BCUT2D eigenvalue weighted by atomic mass is 32.2. The Labute approximate surface area is 72.8 Å². The molecule has 0 radical (unpaired) electrons. The lowest BCUT2D eigenvalue weighted by atomic mass is 10.2. The van der Waals surface area contributed by atoms with Crippen molar-refractivity contribution in [2.24, 2.45) is 0 Å². The summed E-state index contributed by atoms with van der Waals surface area (Å²) in [6, 6.07) is 0. The third-order valence-corrected chi connectivity index (χ3v) is 3.41. The second kappa shape index (κ2) is 5.86. The van der Waals surface area contributed by atoms with Crippen molar-refractivity contribution in [3.05, 3.63) is 0 Å². The van der Waals surface area contributed by atoms with Gasteiger partial charge in [-0.25, -0.2) is 0 Å². The molecule has 0 amide bonds. The first-order valence-corrected chi connectivity index (χ1v) is 5.41. The van der Waals surface area contributed by atoms with Crippen molar-refractivity contribution in [1.29, 1.82) is 0 Å². The van der Waals surface area contributed by atoms with E-state index in [1.807, 2.05) is 11.8 Å². The smallest absolute Gasteiger partial charge is 0.0438 e. The lowest BCUT2D eigenvalue weighted by molar-refractivity contribution is 0.296. The molecule has 0 spiro atoms. The molecule has 0 aliphatic carbocycles. The van der Waals surface area contributed by atoms with Gasteiger partial charge in [0.1, 0.15) is 0 Å². The third-order valence-electron chi connectivity index (χ3n) is 1.94. The second-order valence-electron chi connectivity index (χ2n) is 2.90. The first-order chi connectivity index (χ1) is 5.43. The summed E-state index contributed by atoms with van der Waals surface area (Å²) >= 11 is 2.02. The van der Waals surface area contributed by atoms with Gasteiger partial charge >= 0.3 is 0 Å². The van der Waals surface area contributed by atoms with Gasteiger partial charge in [0.2, 0.25) is 0 Å². The predicted octanol–water partition coefficient (Wildman–Crippen LogP) is 0.854. The summed E-state index contributed by atoms with van der Waals surface area (Å²) in [5, 5.41) is 12.8. The van der Waals surface area contributed by atoms with Gasteiger partial charge in [-0.2, -0.15) is 11.8 Å². The fourth-order valence-corrected chi connectivity index (χ4v) is 2.47. The fourth-order valence-electron chi connectivity index (χ4n) is 1.28. The average molecular weight is 175 g/mol. The zero-order valence-electron chi connectivity index (χ0n) is 6.88. The number of hydrogen-bond donors (Lipinski definition) is 2. The monoisotopic (exact) mass is 175 g/mol. The molecule has 1 heterocycles. The molecular weight excluding hydrogens is 158 g/mol. The highest BCUT2D eigenvalue weighted by Gasteiger charge is 2.11. The molecule has 1 rings (SSSR count). The van der Waals surface area contributed by atoms with Crippen molar-refractivity contribution < 1.29 is 5.11 Å². The van der Waals surface area contributed by atoms with Crippen LogP contribution in [0, 0.1) is 0 Å². The standard InChI is InChI=1S/C8H17NOS/c10-6-1-7-11-8-2-4-9-5-3-8/h8-10H,1-7H2. The number of hydrogen-bond acceptors (Lipinski definition) is 3. The Bertz CT molecular complexity index is 94.1. The molecule has 0 atom stereocenters. The lowest BCUT2D eigenvalue weighted by Gasteiger charge is -2.21. The number of aliphatic hydroxyl groups is 1. The van der Waals surface area contributed by atoms with Crippen LogP contribution in [0.3, 0.4) is 0 Å². The normalized spacial score (nSPS) is 20.5. The summed E-state index contributed by atoms with van der Waals surface area (Å²) in [6.45, 7) is 2.70. The first-order valence-electron chi connectivity index (χ1n) is 4.36. The minimum atomic E-state index is 0.345. The van der Waals surface area contributed by atoms with E-state index in [1.54, 1.807) is 0 Å². The van der Waals surface area contributed by atoms with Crippen molar-refractivity contribution >= 4 is 11.8 Å². The second-order valence-corrected chi connectivity index (χ2v) is 4.31. The Morgan fingerprint density at radius 3 is 2.73 bits per heavy atom. The molecule has 0 bridgehead atoms. The molecule has 0 aromatic heterocycles. The minimum absolute atomic E-state index is 0.345. The van der Waals surface area contributed by atoms with Crippen molar-refractivity contribution in [3.8, 4) is 0 Å². The molecule has 1 saturated heterocycles. The van der Waals surface area contributed by atoms with Crippen LogP contribution < -0.4 is 5.32 Å². The van der Waals surface area contributed by atoms with E-state index in [0.717, 1.165) is 17.4 Å². The zero-order valence-corrected chi connectivity index (χ0v) is 7.70. The molecule has 0 unspecified atom stereocenters. The molecule has 3 heteroatoms. The number of rotatable bonds is 4. The first kappa shape index (κ1) is 9.36. The molecule has 0 aromatic rings. The lowest BCUT2D eigenvalue weighted by Crippen LogP contribution is -2.29. The van der Waals surface area contributed by atoms with Gasteiger partial charge in [-0.15, -0.1) is 0 Å². The van der Waals surface area contributed by atoms with Crippen LogP contribution in [0.5, 0.6) is 0 Å². The van der Waals surface area contributed by atoms with Gasteiger partial charge in [0.05, 0.1) is 0 Å². The van der Waals surface area contributed by atoms with Crippen molar-refractivity contribution in [2.45, 2.75) is 24.5 Å². The third kappa shape index (κ3) is 3.99. The van der Waals surface area contributed by atoms with Crippen molar-refractivity contribution in [3.63, 3.8) is 0 Å². The fraction of sp³-hybridized carbons (Fsp3) is 1.00. The van der Waals surface area contributed by atoms with Crippen LogP contribution in [0.4, 0.5) is 0 Å². The molecule has 2 nitrogen and oxygen atoms in total. The average Bonchev–Trinajstić information content (AvgIpc) is 2.07. The van der Waals surface area contributed by atoms with E-state index in [1.165, 1.54) is 25.9 Å². The largest absolute Gasteiger partial charge is 0.396 e. The summed E-state index contributed by atoms with van der Waals surface area (Å²) in [6.07, 6.45) is 3.56. The summed E-state index contributed by atoms with van der Waals surface area (Å²) in [5.41, 5.74) is 0. The molecule has 1 aliphatic heterocycles. The zero-order chi connectivity index (χ0) is 7.94. The van der Waals surface area contributed by atoms with Crippen LogP contribution in [-0.4, -0.2) is 35.8 Å². The maximum absolute atomic E-state index is 8.57. The maximum atomic E-state index is 8.57. The SMILES string of the molecule is OCCCSC1CCNCC1. The van der Waals surface area contributed by atoms with Gasteiger partial charge in [0.15, 0.2) is 0 Å². The molecule has 0 saturated carbocycles. The van der Waals surface area contributed by atoms with Gasteiger partial charge in [-0.1, -0.05) is 0 Å². The van der Waals surface area contributed by atoms with Crippen LogP contribution >= 0.6 is 11.8 Å². The minimum Gasteiger partial charge on any atom is -0.396 e. The summed E-state index contributed by atoms with van der Waals surface area (Å²) in [5.74, 6) is 1.13. The Balaban J connectivity index is 1.96. The Hall–Kier alpha value is 0.270. The van der Waals surface area contributed by atoms with Gasteiger partial charge in [-0.05, 0) is 38.1 Å². The highest BCUT2D eigenvalue weighted by molar-refractivity contribution is 7.99. The van der Waals surface area contributed by atoms with Crippen molar-refractivity contribution in [1.82, 2.24) is 5.32 Å². The molecule has 1 aliphatic rings. The number of nitrogens with one attached hydrogen (secondary N) is 1. The van der Waals surface area contributed by atoms with Crippen LogP contribution in [0.2, 0.25) is 0 Å². The van der Waals surface area contributed by atoms with Crippen LogP contribution in [0.25, 0.3) is 0 Å². The Morgan fingerprint density at radius 2 is 2.09 bits per heavy atom. The molecule has 1 fully saturated rings. The van der Waals surface area contributed by atoms with Crippen LogP contribution in [0.15, 0.2) is 0 Å². The number of aliphatic hydroxyl groups excluding tert-OH is 1. The van der Waals surface area contributed by atoms with Gasteiger partial charge in [0, 0.05) is 11.9 Å². The van der Waals surface area contributed by atoms with Gasteiger partial charge in [0.25, 0.3) is 0 Å². The van der Waals surface area contributed by atoms with E-state index < -0.39 is 0 Å². The van der Waals surface area contributed by atoms with E-state index in [9.17, 15) is 0 Å². The number of piperidine rings is 1. The maximum Gasteiger partial charge on any atom is 0.0438 e. The number of thioether (sulfide) groups is 1. The molecule has 11 heavy (non-hydrogen) atoms. The van der Waals surface area contributed by atoms with E-state index in [2.05, 4.69) is 5.32 Å². The topological polar surface area (TPSA) is 32.3 Å². The van der Waals surface area contributed by atoms with E-state index in [4.69, 9.17) is 5.11 Å². The van der Waals surface area contributed by atoms with Gasteiger partial charge < -0.3 is 10.4 Å². The summed E-state index contributed by atoms with van der Waals surface area (Å²) < 4.78 is 0. The van der Waals surface area contributed by atoms with E-state index in [0.29, 0.717) is 6.61 Å². The highest BCUT2D eigenvalue weighted by Crippen LogP contribution is 2.20. The van der Waals surface area contributed by atoms with E-state index >= 15 is 0 Å². The summed E-state index contributed by atoms with van der Waals surface area (Å²) in [7, 11) is 0. The van der Waals surface area contributed by atoms with Gasteiger partial charge in [-0.3, -0.25) is 0 Å². The summed E-state index contributed by atoms with van der Waals surface area (Å²) in [4.78, 5) is 0. The van der Waals surface area contributed by atoms with Crippen LogP contribution in [-0.2, 0) is 0 Å². The Morgan fingerprint density at radius 1 is 1.36 bits per heavy atom. The van der Waals surface area contributed by atoms with Crippen molar-refractivity contribution in [2.75, 3.05) is 25.4 Å². The quantitative estimate of drug-likeness (QED) is 0.621. The molecule has 66 valence electrons. The Kier molecular flexibility index (Phi) is 4.99. The predicted molar refractivity (Wildman–Crippen MR) is 50.1 cm³/mol. The molecule has 0 aromatic carbocycles. The van der Waals surface area contributed by atoms with E-state index in [-0.39, 0.29) is 0 Å². The molecule has 2 N–H and O–H groups in total. The van der Waals surface area contributed by atoms with Crippen LogP contribution in [0.1, 0.15) is 19.3 Å².